The molecule has 3 amide bonds. The Bertz CT molecular complexity index is 398. The highest BCUT2D eigenvalue weighted by Gasteiger charge is 2.36. The number of carbonyl (C=O) groups excluding carboxylic acids is 2. The lowest BCUT2D eigenvalue weighted by atomic mass is 9.82. The zero-order valence-corrected chi connectivity index (χ0v) is 14.8. The fourth-order valence-corrected chi connectivity index (χ4v) is 3.70. The van der Waals surface area contributed by atoms with Gasteiger partial charge in [-0.15, -0.1) is 0 Å². The van der Waals surface area contributed by atoms with Gasteiger partial charge in [-0.2, -0.15) is 0 Å². The van der Waals surface area contributed by atoms with Crippen LogP contribution in [0.3, 0.4) is 0 Å². The average molecular weight is 323 g/mol. The Kier molecular flexibility index (Phi) is 7.18. The minimum atomic E-state index is -0.0355. The molecule has 2 atom stereocenters. The molecule has 2 aliphatic rings. The number of amides is 3. The zero-order valence-electron chi connectivity index (χ0n) is 14.8. The van der Waals surface area contributed by atoms with E-state index in [2.05, 4.69) is 24.5 Å². The fraction of sp³-hybridized carbons (Fsp3) is 0.889. The van der Waals surface area contributed by atoms with E-state index in [0.29, 0.717) is 12.5 Å². The third-order valence-corrected chi connectivity index (χ3v) is 5.01. The third-order valence-electron chi connectivity index (χ3n) is 5.01. The van der Waals surface area contributed by atoms with Crippen LogP contribution in [0, 0.1) is 11.8 Å². The Morgan fingerprint density at radius 2 is 1.91 bits per heavy atom. The molecule has 2 unspecified atom stereocenters. The van der Waals surface area contributed by atoms with E-state index in [1.165, 1.54) is 0 Å². The van der Waals surface area contributed by atoms with E-state index in [0.717, 1.165) is 64.5 Å². The maximum absolute atomic E-state index is 12.7. The Balaban J connectivity index is 2.11. The van der Waals surface area contributed by atoms with Crippen molar-refractivity contribution in [1.82, 2.24) is 15.5 Å². The van der Waals surface area contributed by atoms with Crippen LogP contribution in [0.1, 0.15) is 65.2 Å². The van der Waals surface area contributed by atoms with Gasteiger partial charge in [-0.3, -0.25) is 4.79 Å². The summed E-state index contributed by atoms with van der Waals surface area (Å²) in [5.41, 5.74) is 0. The maximum Gasteiger partial charge on any atom is 0.317 e. The highest BCUT2D eigenvalue weighted by molar-refractivity contribution is 5.81. The quantitative estimate of drug-likeness (QED) is 0.821. The van der Waals surface area contributed by atoms with Gasteiger partial charge in [0.1, 0.15) is 0 Å². The first-order valence-electron chi connectivity index (χ1n) is 9.41. The van der Waals surface area contributed by atoms with Crippen LogP contribution in [0.25, 0.3) is 0 Å². The Morgan fingerprint density at radius 3 is 2.70 bits per heavy atom. The largest absolute Gasteiger partial charge is 0.356 e. The maximum atomic E-state index is 12.7. The highest BCUT2D eigenvalue weighted by Crippen LogP contribution is 2.29. The second-order valence-electron chi connectivity index (χ2n) is 7.44. The van der Waals surface area contributed by atoms with Gasteiger partial charge >= 0.3 is 6.03 Å². The van der Waals surface area contributed by atoms with Crippen molar-refractivity contribution in [3.8, 4) is 0 Å². The first kappa shape index (κ1) is 18.1. The summed E-state index contributed by atoms with van der Waals surface area (Å²) >= 11 is 0. The van der Waals surface area contributed by atoms with Gasteiger partial charge in [0.05, 0.1) is 5.92 Å². The summed E-state index contributed by atoms with van der Waals surface area (Å²) in [6.07, 6.45) is 8.39. The first-order chi connectivity index (χ1) is 11.1. The number of rotatable bonds is 2. The number of carbonyl (C=O) groups is 2. The van der Waals surface area contributed by atoms with Crippen LogP contribution >= 0.6 is 0 Å². The lowest BCUT2D eigenvalue weighted by molar-refractivity contribution is -0.127. The molecule has 1 saturated carbocycles. The molecule has 1 aliphatic carbocycles. The second kappa shape index (κ2) is 9.14. The molecule has 2 fully saturated rings. The third kappa shape index (κ3) is 5.40. The van der Waals surface area contributed by atoms with Gasteiger partial charge in [0, 0.05) is 25.7 Å². The minimum absolute atomic E-state index is 0.0163. The van der Waals surface area contributed by atoms with Crippen LogP contribution in [0.5, 0.6) is 0 Å². The molecule has 132 valence electrons. The van der Waals surface area contributed by atoms with Crippen LogP contribution in [-0.4, -0.2) is 42.5 Å². The summed E-state index contributed by atoms with van der Waals surface area (Å²) in [5.74, 6) is 0.554. The number of fused-ring (bicyclic) bond motifs is 1. The molecular weight excluding hydrogens is 290 g/mol. The molecule has 0 aromatic carbocycles. The molecule has 5 heteroatoms. The van der Waals surface area contributed by atoms with Crippen LogP contribution in [0.4, 0.5) is 4.79 Å². The van der Waals surface area contributed by atoms with Crippen molar-refractivity contribution in [2.24, 2.45) is 11.8 Å². The molecule has 1 saturated heterocycles. The van der Waals surface area contributed by atoms with E-state index in [-0.39, 0.29) is 23.9 Å². The van der Waals surface area contributed by atoms with Gasteiger partial charge in [-0.1, -0.05) is 39.5 Å². The Morgan fingerprint density at radius 1 is 1.17 bits per heavy atom. The van der Waals surface area contributed by atoms with Crippen molar-refractivity contribution < 1.29 is 9.59 Å². The number of hydrogen-bond acceptors (Lipinski definition) is 2. The molecule has 1 aliphatic heterocycles. The topological polar surface area (TPSA) is 61.4 Å². The van der Waals surface area contributed by atoms with Crippen molar-refractivity contribution in [2.75, 3.05) is 19.6 Å². The molecule has 0 radical (unpaired) electrons. The van der Waals surface area contributed by atoms with Crippen LogP contribution < -0.4 is 10.6 Å². The average Bonchev–Trinajstić information content (AvgIpc) is 2.58. The van der Waals surface area contributed by atoms with E-state index in [9.17, 15) is 9.59 Å². The summed E-state index contributed by atoms with van der Waals surface area (Å²) in [6, 6.07) is 0.0802. The van der Waals surface area contributed by atoms with Crippen molar-refractivity contribution >= 4 is 11.9 Å². The molecule has 23 heavy (non-hydrogen) atoms. The normalized spacial score (nSPS) is 26.9. The second-order valence-corrected chi connectivity index (χ2v) is 7.44. The molecule has 0 aromatic heterocycles. The van der Waals surface area contributed by atoms with E-state index in [1.54, 1.807) is 0 Å². The first-order valence-corrected chi connectivity index (χ1v) is 9.41. The molecule has 2 rings (SSSR count). The Hall–Kier alpha value is -1.26. The molecule has 0 aromatic rings. The summed E-state index contributed by atoms with van der Waals surface area (Å²) in [4.78, 5) is 27.2. The number of hydrogen-bond donors (Lipinski definition) is 2. The van der Waals surface area contributed by atoms with Crippen molar-refractivity contribution in [3.63, 3.8) is 0 Å². The SMILES string of the molecule is CC(C)CNC(=O)N1CCCCCCNC(=O)C2CCCCC21. The predicted molar refractivity (Wildman–Crippen MR) is 92.2 cm³/mol. The molecule has 0 bridgehead atoms. The number of nitrogens with zero attached hydrogens (tertiary/aromatic N) is 1. The van der Waals surface area contributed by atoms with Gasteiger partial charge in [-0.25, -0.2) is 4.79 Å². The van der Waals surface area contributed by atoms with E-state index >= 15 is 0 Å². The lowest BCUT2D eigenvalue weighted by Crippen LogP contribution is -2.54. The smallest absolute Gasteiger partial charge is 0.317 e. The molecule has 0 spiro atoms. The zero-order chi connectivity index (χ0) is 16.7. The van der Waals surface area contributed by atoms with E-state index in [4.69, 9.17) is 0 Å². The standard InChI is InChI=1S/C18H33N3O2/c1-14(2)13-20-18(23)21-12-8-4-3-7-11-19-17(22)15-9-5-6-10-16(15)21/h14-16H,3-13H2,1-2H3,(H,19,22)(H,20,23). The lowest BCUT2D eigenvalue weighted by Gasteiger charge is -2.39. The van der Waals surface area contributed by atoms with Crippen molar-refractivity contribution in [3.05, 3.63) is 0 Å². The molecule has 5 nitrogen and oxygen atoms in total. The van der Waals surface area contributed by atoms with Gasteiger partial charge in [0.15, 0.2) is 0 Å². The van der Waals surface area contributed by atoms with Crippen LogP contribution in [-0.2, 0) is 4.79 Å². The van der Waals surface area contributed by atoms with Gasteiger partial charge in [-0.05, 0) is 31.6 Å². The van der Waals surface area contributed by atoms with E-state index < -0.39 is 0 Å². The van der Waals surface area contributed by atoms with Crippen LogP contribution in [0.2, 0.25) is 0 Å². The highest BCUT2D eigenvalue weighted by atomic mass is 16.2. The monoisotopic (exact) mass is 323 g/mol. The predicted octanol–water partition coefficient (Wildman–Crippen LogP) is 2.90. The van der Waals surface area contributed by atoms with Gasteiger partial charge < -0.3 is 15.5 Å². The summed E-state index contributed by atoms with van der Waals surface area (Å²) in [5, 5.41) is 6.15. The summed E-state index contributed by atoms with van der Waals surface area (Å²) in [7, 11) is 0. The van der Waals surface area contributed by atoms with Gasteiger partial charge in [0.25, 0.3) is 0 Å². The van der Waals surface area contributed by atoms with Crippen molar-refractivity contribution in [1.29, 1.82) is 0 Å². The van der Waals surface area contributed by atoms with Crippen LogP contribution in [0.15, 0.2) is 0 Å². The van der Waals surface area contributed by atoms with Crippen molar-refractivity contribution in [2.45, 2.75) is 71.3 Å². The summed E-state index contributed by atoms with van der Waals surface area (Å²) < 4.78 is 0. The van der Waals surface area contributed by atoms with Gasteiger partial charge in [0.2, 0.25) is 5.91 Å². The van der Waals surface area contributed by atoms with E-state index in [1.807, 2.05) is 4.90 Å². The number of urea groups is 1. The molecule has 2 N–H and O–H groups in total. The molecular formula is C18H33N3O2. The number of nitrogens with one attached hydrogen (secondary N) is 2. The minimum Gasteiger partial charge on any atom is -0.356 e. The fourth-order valence-electron chi connectivity index (χ4n) is 3.70. The Labute approximate surface area is 140 Å². The summed E-state index contributed by atoms with van der Waals surface area (Å²) in [6.45, 7) is 6.45. The molecule has 1 heterocycles.